The van der Waals surface area contributed by atoms with Crippen molar-refractivity contribution < 1.29 is 13.2 Å². The van der Waals surface area contributed by atoms with Gasteiger partial charge in [0, 0.05) is 49.9 Å². The van der Waals surface area contributed by atoms with Crippen LogP contribution in [0.3, 0.4) is 0 Å². The third-order valence-electron chi connectivity index (χ3n) is 4.38. The Labute approximate surface area is 168 Å². The van der Waals surface area contributed by atoms with Crippen LogP contribution >= 0.6 is 22.7 Å². The molecule has 1 fully saturated rings. The fourth-order valence-electron chi connectivity index (χ4n) is 2.92. The molecule has 0 aliphatic carbocycles. The summed E-state index contributed by atoms with van der Waals surface area (Å²) in [6.45, 7) is 6.16. The Morgan fingerprint density at radius 2 is 2.00 bits per heavy atom. The molecule has 1 amide bonds. The molecule has 0 saturated carbocycles. The van der Waals surface area contributed by atoms with Crippen LogP contribution in [-0.2, 0) is 27.8 Å². The molecule has 148 valence electrons. The van der Waals surface area contributed by atoms with E-state index in [9.17, 15) is 13.2 Å². The molecule has 2 aromatic rings. The molecule has 0 radical (unpaired) electrons. The van der Waals surface area contributed by atoms with Crippen molar-refractivity contribution in [3.63, 3.8) is 0 Å². The van der Waals surface area contributed by atoms with Gasteiger partial charge in [-0.2, -0.15) is 0 Å². The molecular formula is C17H24N4O3S3. The highest BCUT2D eigenvalue weighted by molar-refractivity contribution is 7.88. The molecule has 0 unspecified atom stereocenters. The zero-order valence-electron chi connectivity index (χ0n) is 15.5. The summed E-state index contributed by atoms with van der Waals surface area (Å²) in [5.74, 6) is 0.145. The van der Waals surface area contributed by atoms with Crippen LogP contribution < -0.4 is 4.72 Å². The first-order valence-corrected chi connectivity index (χ1v) is 12.3. The second kappa shape index (κ2) is 8.78. The highest BCUT2D eigenvalue weighted by atomic mass is 32.2. The summed E-state index contributed by atoms with van der Waals surface area (Å²) in [4.78, 5) is 22.6. The normalized spacial score (nSPS) is 16.0. The summed E-state index contributed by atoms with van der Waals surface area (Å²) in [5, 5.41) is 3.15. The smallest absolute Gasteiger partial charge is 0.219 e. The van der Waals surface area contributed by atoms with Gasteiger partial charge in [0.2, 0.25) is 15.9 Å². The highest BCUT2D eigenvalue weighted by Gasteiger charge is 2.19. The molecule has 1 saturated heterocycles. The van der Waals surface area contributed by atoms with Crippen molar-refractivity contribution in [1.29, 1.82) is 0 Å². The minimum Gasteiger partial charge on any atom is -0.340 e. The van der Waals surface area contributed by atoms with Gasteiger partial charge >= 0.3 is 0 Å². The van der Waals surface area contributed by atoms with E-state index < -0.39 is 10.0 Å². The Morgan fingerprint density at radius 1 is 1.26 bits per heavy atom. The molecule has 2 aromatic heterocycles. The number of carbonyl (C=O) groups excluding carboxylic acids is 1. The number of carbonyl (C=O) groups is 1. The number of rotatable bonds is 7. The molecule has 0 bridgehead atoms. The van der Waals surface area contributed by atoms with E-state index in [1.54, 1.807) is 29.6 Å². The summed E-state index contributed by atoms with van der Waals surface area (Å²) < 4.78 is 24.8. The Bertz CT molecular complexity index is 883. The van der Waals surface area contributed by atoms with Crippen LogP contribution in [0.2, 0.25) is 0 Å². The van der Waals surface area contributed by atoms with Crippen molar-refractivity contribution in [2.45, 2.75) is 19.9 Å². The van der Waals surface area contributed by atoms with Gasteiger partial charge in [0.05, 0.1) is 23.4 Å². The van der Waals surface area contributed by atoms with Crippen LogP contribution in [0, 0.1) is 0 Å². The number of sulfonamides is 1. The lowest BCUT2D eigenvalue weighted by Crippen LogP contribution is -2.47. The number of piperazine rings is 1. The van der Waals surface area contributed by atoms with Gasteiger partial charge in [-0.3, -0.25) is 9.69 Å². The van der Waals surface area contributed by atoms with Crippen LogP contribution in [0.25, 0.3) is 10.6 Å². The summed E-state index contributed by atoms with van der Waals surface area (Å²) in [5.41, 5.74) is 0.977. The van der Waals surface area contributed by atoms with Crippen molar-refractivity contribution in [1.82, 2.24) is 19.5 Å². The number of amides is 1. The van der Waals surface area contributed by atoms with Crippen LogP contribution in [-0.4, -0.2) is 68.1 Å². The van der Waals surface area contributed by atoms with E-state index in [0.717, 1.165) is 53.2 Å². The fraction of sp³-hybridized carbons (Fsp3) is 0.529. The second-order valence-electron chi connectivity index (χ2n) is 6.59. The van der Waals surface area contributed by atoms with Crippen molar-refractivity contribution in [2.75, 3.05) is 39.0 Å². The minimum atomic E-state index is -3.14. The number of hydrogen-bond acceptors (Lipinski definition) is 7. The monoisotopic (exact) mass is 428 g/mol. The molecule has 7 nitrogen and oxygen atoms in total. The first-order chi connectivity index (χ1) is 12.8. The largest absolute Gasteiger partial charge is 0.340 e. The van der Waals surface area contributed by atoms with Gasteiger partial charge in [0.15, 0.2) is 0 Å². The molecule has 1 aliphatic heterocycles. The molecule has 0 aromatic carbocycles. The third-order valence-corrected chi connectivity index (χ3v) is 7.11. The van der Waals surface area contributed by atoms with Gasteiger partial charge in [-0.25, -0.2) is 18.1 Å². The summed E-state index contributed by atoms with van der Waals surface area (Å²) in [6, 6.07) is 4.08. The Hall–Kier alpha value is -1.33. The fourth-order valence-corrected chi connectivity index (χ4v) is 5.27. The molecular weight excluding hydrogens is 404 g/mol. The van der Waals surface area contributed by atoms with Crippen molar-refractivity contribution in [3.05, 3.63) is 27.4 Å². The molecule has 1 N–H and O–H groups in total. The first-order valence-electron chi connectivity index (χ1n) is 8.76. The summed E-state index contributed by atoms with van der Waals surface area (Å²) in [7, 11) is -3.14. The molecule has 0 atom stereocenters. The van der Waals surface area contributed by atoms with Crippen LogP contribution in [0.5, 0.6) is 0 Å². The minimum absolute atomic E-state index is 0.145. The lowest BCUT2D eigenvalue weighted by molar-refractivity contribution is -0.130. The van der Waals surface area contributed by atoms with E-state index in [1.165, 1.54) is 6.26 Å². The van der Waals surface area contributed by atoms with Crippen molar-refractivity contribution in [2.24, 2.45) is 0 Å². The standard InChI is InChI=1S/C17H24N4O3S3/c1-13(22)21-9-7-20(8-10-21)11-17-19-15(12-25-17)16-4-3-14(26-16)5-6-18-27(2,23)24/h3-4,12,18H,5-11H2,1-2H3. The average Bonchev–Trinajstić information content (AvgIpc) is 3.23. The Morgan fingerprint density at radius 3 is 2.67 bits per heavy atom. The van der Waals surface area contributed by atoms with E-state index in [-0.39, 0.29) is 5.91 Å². The van der Waals surface area contributed by atoms with Crippen LogP contribution in [0.4, 0.5) is 0 Å². The maximum atomic E-state index is 11.4. The predicted molar refractivity (Wildman–Crippen MR) is 110 cm³/mol. The summed E-state index contributed by atoms with van der Waals surface area (Å²) >= 11 is 3.31. The first kappa shape index (κ1) is 20.4. The van der Waals surface area contributed by atoms with E-state index >= 15 is 0 Å². The number of aromatic nitrogens is 1. The Balaban J connectivity index is 1.53. The van der Waals surface area contributed by atoms with Gasteiger partial charge < -0.3 is 4.90 Å². The zero-order chi connectivity index (χ0) is 19.4. The van der Waals surface area contributed by atoms with E-state index in [1.807, 2.05) is 17.0 Å². The van der Waals surface area contributed by atoms with Crippen molar-refractivity contribution in [3.8, 4) is 10.6 Å². The van der Waals surface area contributed by atoms with Gasteiger partial charge in [-0.05, 0) is 18.6 Å². The molecule has 0 spiro atoms. The zero-order valence-corrected chi connectivity index (χ0v) is 17.9. The number of thiazole rings is 1. The topological polar surface area (TPSA) is 82.6 Å². The Kier molecular flexibility index (Phi) is 6.64. The van der Waals surface area contributed by atoms with Crippen LogP contribution in [0.15, 0.2) is 17.5 Å². The maximum absolute atomic E-state index is 11.4. The molecule has 1 aliphatic rings. The van der Waals surface area contributed by atoms with Crippen LogP contribution in [0.1, 0.15) is 16.8 Å². The third kappa shape index (κ3) is 6.08. The van der Waals surface area contributed by atoms with Gasteiger partial charge in [-0.15, -0.1) is 22.7 Å². The number of nitrogens with zero attached hydrogens (tertiary/aromatic N) is 3. The molecule has 3 rings (SSSR count). The second-order valence-corrected chi connectivity index (χ2v) is 10.5. The lowest BCUT2D eigenvalue weighted by Gasteiger charge is -2.33. The average molecular weight is 429 g/mol. The SMILES string of the molecule is CC(=O)N1CCN(Cc2nc(-c3ccc(CCNS(C)(=O)=O)s3)cs2)CC1. The van der Waals surface area contributed by atoms with Gasteiger partial charge in [0.1, 0.15) is 5.01 Å². The van der Waals surface area contributed by atoms with Gasteiger partial charge in [-0.1, -0.05) is 0 Å². The summed E-state index contributed by atoms with van der Waals surface area (Å²) in [6.07, 6.45) is 1.85. The van der Waals surface area contributed by atoms with Gasteiger partial charge in [0.25, 0.3) is 0 Å². The van der Waals surface area contributed by atoms with Crippen molar-refractivity contribution >= 4 is 38.6 Å². The number of nitrogens with one attached hydrogen (secondary N) is 1. The number of hydrogen-bond donors (Lipinski definition) is 1. The highest BCUT2D eigenvalue weighted by Crippen LogP contribution is 2.29. The predicted octanol–water partition coefficient (Wildman–Crippen LogP) is 1.63. The molecule has 27 heavy (non-hydrogen) atoms. The lowest BCUT2D eigenvalue weighted by atomic mass is 10.3. The van der Waals surface area contributed by atoms with E-state index in [2.05, 4.69) is 15.0 Å². The quantitative estimate of drug-likeness (QED) is 0.725. The number of thiophene rings is 1. The maximum Gasteiger partial charge on any atom is 0.219 e. The molecule has 3 heterocycles. The van der Waals surface area contributed by atoms with E-state index in [0.29, 0.717) is 13.0 Å². The van der Waals surface area contributed by atoms with E-state index in [4.69, 9.17) is 4.98 Å². The molecule has 10 heteroatoms.